The zero-order valence-corrected chi connectivity index (χ0v) is 18.8. The normalized spacial score (nSPS) is 14.5. The van der Waals surface area contributed by atoms with Gasteiger partial charge in [0.05, 0.1) is 13.0 Å². The number of halogens is 5. The molecule has 0 spiro atoms. The predicted octanol–water partition coefficient (Wildman–Crippen LogP) is 3.68. The van der Waals surface area contributed by atoms with E-state index in [-0.39, 0.29) is 13.1 Å². The van der Waals surface area contributed by atoms with Crippen molar-refractivity contribution in [3.05, 3.63) is 12.2 Å². The Bertz CT molecular complexity index is 762. The molecule has 1 atom stereocenters. The maximum absolute atomic E-state index is 14.1. The van der Waals surface area contributed by atoms with Crippen molar-refractivity contribution in [1.82, 2.24) is 4.90 Å². The molecule has 0 aliphatic carbocycles. The second kappa shape index (κ2) is 11.9. The molecule has 8 nitrogen and oxygen atoms in total. The van der Waals surface area contributed by atoms with E-state index >= 15 is 0 Å². The highest BCUT2D eigenvalue weighted by Gasteiger charge is 2.67. The van der Waals surface area contributed by atoms with Gasteiger partial charge in [-0.05, 0) is 19.8 Å². The smallest absolute Gasteiger partial charge is 0.412 e. The second-order valence-corrected chi connectivity index (χ2v) is 8.54. The Morgan fingerprint density at radius 3 is 1.84 bits per heavy atom. The third-order valence-corrected chi connectivity index (χ3v) is 5.12. The van der Waals surface area contributed by atoms with E-state index < -0.39 is 57.8 Å². The van der Waals surface area contributed by atoms with Gasteiger partial charge in [-0.15, -0.1) is 0 Å². The van der Waals surface area contributed by atoms with Crippen LogP contribution in [0.1, 0.15) is 52.9 Å². The Hall–Kier alpha value is -1.80. The number of unbranched alkanes of at least 4 members (excludes halogenated alkanes) is 2. The zero-order valence-electron chi connectivity index (χ0n) is 18.0. The predicted molar refractivity (Wildman–Crippen MR) is 103 cm³/mol. The molecule has 0 radical (unpaired) electrons. The van der Waals surface area contributed by atoms with E-state index in [4.69, 9.17) is 4.55 Å². The Morgan fingerprint density at radius 2 is 1.50 bits per heavy atom. The monoisotopic (exact) mass is 497 g/mol. The molecule has 0 saturated heterocycles. The van der Waals surface area contributed by atoms with Crippen LogP contribution in [-0.2, 0) is 29.2 Å². The van der Waals surface area contributed by atoms with E-state index in [0.29, 0.717) is 25.7 Å². The summed E-state index contributed by atoms with van der Waals surface area (Å²) in [5, 5.41) is -4.87. The van der Waals surface area contributed by atoms with Crippen molar-refractivity contribution >= 4 is 22.0 Å². The molecule has 1 amide bonds. The quantitative estimate of drug-likeness (QED) is 0.128. The van der Waals surface area contributed by atoms with E-state index in [1.54, 1.807) is 13.8 Å². The Kier molecular flexibility index (Phi) is 11.2. The fraction of sp³-hybridized carbons (Fsp3) is 0.778. The fourth-order valence-electron chi connectivity index (χ4n) is 2.28. The number of hydrogen-bond donors (Lipinski definition) is 1. The van der Waals surface area contributed by atoms with Crippen LogP contribution in [0.3, 0.4) is 0 Å². The molecule has 188 valence electrons. The first-order chi connectivity index (χ1) is 14.5. The third kappa shape index (κ3) is 7.96. The van der Waals surface area contributed by atoms with E-state index in [1.807, 2.05) is 0 Å². The Labute approximate surface area is 183 Å². The van der Waals surface area contributed by atoms with Crippen molar-refractivity contribution in [3.8, 4) is 0 Å². The highest BCUT2D eigenvalue weighted by molar-refractivity contribution is 7.86. The highest BCUT2D eigenvalue weighted by atomic mass is 32.2. The van der Waals surface area contributed by atoms with E-state index in [1.165, 1.54) is 0 Å². The zero-order chi connectivity index (χ0) is 25.4. The lowest BCUT2D eigenvalue weighted by molar-refractivity contribution is -0.351. The van der Waals surface area contributed by atoms with Crippen LogP contribution < -0.4 is 0 Å². The first-order valence-corrected chi connectivity index (χ1v) is 11.1. The number of esters is 1. The number of amides is 1. The SMILES string of the molecule is C=C(C)C(=O)OC(OCCC(F)(F)S(=O)(=O)O)(C(=O)N(CCCC)CCCC)C(F)(F)F. The molecule has 0 aromatic heterocycles. The van der Waals surface area contributed by atoms with Crippen LogP contribution in [0.4, 0.5) is 22.0 Å². The maximum atomic E-state index is 14.1. The third-order valence-electron chi connectivity index (χ3n) is 4.17. The molecule has 0 fully saturated rings. The molecule has 0 heterocycles. The minimum atomic E-state index is -5.96. The van der Waals surface area contributed by atoms with E-state index in [0.717, 1.165) is 11.8 Å². The van der Waals surface area contributed by atoms with Gasteiger partial charge >= 0.3 is 39.2 Å². The van der Waals surface area contributed by atoms with Gasteiger partial charge in [0, 0.05) is 18.7 Å². The average Bonchev–Trinajstić information content (AvgIpc) is 2.64. The fourth-order valence-corrected chi connectivity index (χ4v) is 2.62. The van der Waals surface area contributed by atoms with Crippen LogP contribution in [0.25, 0.3) is 0 Å². The molecule has 0 saturated carbocycles. The molecule has 0 rings (SSSR count). The molecule has 0 aromatic rings. The molecular formula is C18H28F5NO7S. The number of rotatable bonds is 14. The van der Waals surface area contributed by atoms with Crippen molar-refractivity contribution in [2.24, 2.45) is 0 Å². The molecule has 32 heavy (non-hydrogen) atoms. The lowest BCUT2D eigenvalue weighted by Crippen LogP contribution is -2.62. The summed E-state index contributed by atoms with van der Waals surface area (Å²) < 4.78 is 108. The molecule has 1 N–H and O–H groups in total. The van der Waals surface area contributed by atoms with Gasteiger partial charge in [0.25, 0.3) is 0 Å². The van der Waals surface area contributed by atoms with Crippen molar-refractivity contribution in [2.45, 2.75) is 70.1 Å². The number of alkyl halides is 5. The second-order valence-electron chi connectivity index (χ2n) is 6.99. The van der Waals surface area contributed by atoms with E-state index in [2.05, 4.69) is 16.1 Å². The number of ether oxygens (including phenoxy) is 2. The van der Waals surface area contributed by atoms with Gasteiger partial charge in [0.1, 0.15) is 0 Å². The largest absolute Gasteiger partial charge is 0.466 e. The lowest BCUT2D eigenvalue weighted by atomic mass is 10.1. The molecule has 0 aromatic carbocycles. The summed E-state index contributed by atoms with van der Waals surface area (Å²) in [5.41, 5.74) is -0.535. The molecule has 0 aliphatic rings. The minimum Gasteiger partial charge on any atom is -0.412 e. The summed E-state index contributed by atoms with van der Waals surface area (Å²) in [6.07, 6.45) is -6.08. The van der Waals surface area contributed by atoms with Gasteiger partial charge in [0.15, 0.2) is 0 Å². The van der Waals surface area contributed by atoms with Crippen LogP contribution >= 0.6 is 0 Å². The minimum absolute atomic E-state index is 0.164. The van der Waals surface area contributed by atoms with Crippen LogP contribution in [-0.4, -0.2) is 66.7 Å². The maximum Gasteiger partial charge on any atom is 0.466 e. The van der Waals surface area contributed by atoms with Crippen LogP contribution in [0, 0.1) is 0 Å². The average molecular weight is 497 g/mol. The standard InChI is InChI=1S/C18H28F5NO7S/c1-5-7-10-24(11-8-6-2)15(26)17(18(21,22)23,31-14(25)13(3)4)30-12-9-16(19,20)32(27,28)29/h3,5-12H2,1-2,4H3,(H,27,28,29). The molecule has 0 bridgehead atoms. The van der Waals surface area contributed by atoms with Crippen LogP contribution in [0.5, 0.6) is 0 Å². The number of carbonyl (C=O) groups excluding carboxylic acids is 2. The van der Waals surface area contributed by atoms with E-state index in [9.17, 15) is 40.0 Å². The Balaban J connectivity index is 6.28. The first kappa shape index (κ1) is 30.2. The van der Waals surface area contributed by atoms with Gasteiger partial charge in [-0.25, -0.2) is 4.79 Å². The van der Waals surface area contributed by atoms with Crippen LogP contribution in [0.15, 0.2) is 12.2 Å². The Morgan fingerprint density at radius 1 is 1.03 bits per heavy atom. The molecular weight excluding hydrogens is 469 g/mol. The summed E-state index contributed by atoms with van der Waals surface area (Å²) in [5.74, 6) is -7.85. The van der Waals surface area contributed by atoms with Gasteiger partial charge in [-0.3, -0.25) is 9.35 Å². The van der Waals surface area contributed by atoms with Crippen molar-refractivity contribution in [1.29, 1.82) is 0 Å². The summed E-state index contributed by atoms with van der Waals surface area (Å²) in [7, 11) is -5.96. The number of carbonyl (C=O) groups is 2. The highest BCUT2D eigenvalue weighted by Crippen LogP contribution is 2.38. The van der Waals surface area contributed by atoms with Gasteiger partial charge in [0.2, 0.25) is 0 Å². The number of hydrogen-bond acceptors (Lipinski definition) is 6. The summed E-state index contributed by atoms with van der Waals surface area (Å²) in [6, 6.07) is 0. The summed E-state index contributed by atoms with van der Waals surface area (Å²) in [6.45, 7) is 5.52. The van der Waals surface area contributed by atoms with Crippen LogP contribution in [0.2, 0.25) is 0 Å². The topological polar surface area (TPSA) is 110 Å². The van der Waals surface area contributed by atoms with Gasteiger partial charge in [-0.1, -0.05) is 33.3 Å². The van der Waals surface area contributed by atoms with Crippen molar-refractivity contribution in [3.63, 3.8) is 0 Å². The molecule has 14 heteroatoms. The molecule has 1 unspecified atom stereocenters. The first-order valence-electron chi connectivity index (χ1n) is 9.70. The van der Waals surface area contributed by atoms with Gasteiger partial charge in [-0.2, -0.15) is 30.4 Å². The summed E-state index contributed by atoms with van der Waals surface area (Å²) >= 11 is 0. The lowest BCUT2D eigenvalue weighted by Gasteiger charge is -2.37. The van der Waals surface area contributed by atoms with Crippen molar-refractivity contribution < 1.29 is 54.0 Å². The van der Waals surface area contributed by atoms with Gasteiger partial charge < -0.3 is 14.4 Å². The molecule has 0 aliphatic heterocycles. The summed E-state index contributed by atoms with van der Waals surface area (Å²) in [4.78, 5) is 25.6. The number of nitrogens with zero attached hydrogens (tertiary/aromatic N) is 1. The van der Waals surface area contributed by atoms with Crippen molar-refractivity contribution in [2.75, 3.05) is 19.7 Å².